The number of carbonyl (C=O) groups excluding carboxylic acids is 5. The number of fused-ring (bicyclic) bond motifs is 9. The first kappa shape index (κ1) is 67.7. The van der Waals surface area contributed by atoms with Gasteiger partial charge in [0.1, 0.15) is 39.6 Å². The van der Waals surface area contributed by atoms with Crippen LogP contribution in [-0.2, 0) is 75.2 Å². The van der Waals surface area contributed by atoms with Crippen molar-refractivity contribution in [2.45, 2.75) is 89.0 Å². The minimum Gasteiger partial charge on any atom is -0.480 e. The van der Waals surface area contributed by atoms with Crippen LogP contribution in [-0.4, -0.2) is 124 Å². The van der Waals surface area contributed by atoms with Crippen LogP contribution < -0.4 is 10.6 Å². The van der Waals surface area contributed by atoms with Gasteiger partial charge in [-0.3, -0.25) is 4.18 Å². The van der Waals surface area contributed by atoms with Crippen LogP contribution in [0.3, 0.4) is 0 Å². The molecule has 20 nitrogen and oxygen atoms in total. The van der Waals surface area contributed by atoms with Gasteiger partial charge in [-0.05, 0) is 106 Å². The molecule has 3 N–H and O–H groups in total. The molecule has 8 aromatic carbocycles. The second kappa shape index (κ2) is 31.6. The van der Waals surface area contributed by atoms with Gasteiger partial charge in [-0.25, -0.2) is 28.8 Å². The molecule has 0 aromatic heterocycles. The van der Waals surface area contributed by atoms with Gasteiger partial charge in [-0.15, -0.1) is 0 Å². The molecule has 1 heterocycles. The summed E-state index contributed by atoms with van der Waals surface area (Å²) in [5, 5.41) is 14.2. The zero-order valence-corrected chi connectivity index (χ0v) is 53.6. The highest BCUT2D eigenvalue weighted by Gasteiger charge is 2.49. The van der Waals surface area contributed by atoms with Crippen molar-refractivity contribution in [3.8, 4) is 33.4 Å². The van der Waals surface area contributed by atoms with Gasteiger partial charge in [0.15, 0.2) is 18.1 Å². The molecule has 0 spiro atoms. The van der Waals surface area contributed by atoms with E-state index in [0.717, 1.165) is 77.9 Å². The van der Waals surface area contributed by atoms with E-state index in [2.05, 4.69) is 47.0 Å². The summed E-state index contributed by atoms with van der Waals surface area (Å²) in [6.45, 7) is 6.93. The zero-order valence-electron chi connectivity index (χ0n) is 52.7. The number of esters is 2. The molecule has 4 aliphatic rings. The first-order valence-corrected chi connectivity index (χ1v) is 32.5. The summed E-state index contributed by atoms with van der Waals surface area (Å²) >= 11 is 0. The molecule has 95 heavy (non-hydrogen) atoms. The van der Waals surface area contributed by atoms with Gasteiger partial charge in [0.25, 0.3) is 0 Å². The molecule has 0 unspecified atom stereocenters. The third-order valence-electron chi connectivity index (χ3n) is 16.2. The maximum absolute atomic E-state index is 12.9. The number of aliphatic carboxylic acids is 1. The largest absolute Gasteiger partial charge is 0.480 e. The van der Waals surface area contributed by atoms with E-state index in [9.17, 15) is 42.3 Å². The topological polar surface area (TPSA) is 258 Å². The van der Waals surface area contributed by atoms with Crippen LogP contribution in [0, 0.1) is 0 Å². The molecule has 0 radical (unpaired) electrons. The average molecular weight is 1310 g/mol. The normalized spacial score (nSPS) is 15.1. The summed E-state index contributed by atoms with van der Waals surface area (Å²) in [4.78, 5) is 74.2. The van der Waals surface area contributed by atoms with Crippen LogP contribution in [0.4, 0.5) is 14.4 Å². The SMILES string of the molecule is CC(C)OC[C@H](NC(=O)OCC1c2ccccc2-c2ccccc21)C(=O)O.CC(C)OC[C@H](NC(=O)OCC1c2ccccc2-c2ccccc21)C(=O)OCc1ccccc1.O=C(OCc1ccccc1)[C@@H]1COS(=O)(=O)N1C(=O)OCC1c2ccccc2-c2ccccc21. The van der Waals surface area contributed by atoms with Crippen molar-refractivity contribution in [2.75, 3.05) is 39.6 Å². The molecule has 1 fully saturated rings. The predicted octanol–water partition coefficient (Wildman–Crippen LogP) is 12.1. The lowest BCUT2D eigenvalue weighted by Gasteiger charge is -2.21. The molecule has 492 valence electrons. The number of alkyl carbamates (subject to hydrolysis) is 2. The smallest absolute Gasteiger partial charge is 0.426 e. The molecule has 3 amide bonds. The maximum Gasteiger partial charge on any atom is 0.426 e. The second-order valence-electron chi connectivity index (χ2n) is 23.2. The van der Waals surface area contributed by atoms with E-state index in [1.54, 1.807) is 38.1 Å². The lowest BCUT2D eigenvalue weighted by atomic mass is 9.98. The first-order chi connectivity index (χ1) is 45.9. The number of amides is 3. The molecular weight excluding hydrogens is 1230 g/mol. The fourth-order valence-electron chi connectivity index (χ4n) is 11.6. The average Bonchev–Trinajstić information content (AvgIpc) is 1.65. The first-order valence-electron chi connectivity index (χ1n) is 31.1. The van der Waals surface area contributed by atoms with E-state index in [1.165, 1.54) is 0 Å². The van der Waals surface area contributed by atoms with Crippen molar-refractivity contribution in [2.24, 2.45) is 0 Å². The fraction of sp³-hybridized carbons (Fsp3) is 0.270. The van der Waals surface area contributed by atoms with Gasteiger partial charge in [-0.2, -0.15) is 12.7 Å². The molecular formula is C74H73N3O17S. The summed E-state index contributed by atoms with van der Waals surface area (Å²) < 4.78 is 67.7. The highest BCUT2D eigenvalue weighted by molar-refractivity contribution is 7.85. The molecule has 21 heteroatoms. The van der Waals surface area contributed by atoms with Crippen LogP contribution in [0.5, 0.6) is 0 Å². The van der Waals surface area contributed by atoms with Gasteiger partial charge in [0.05, 0.1) is 25.4 Å². The minimum atomic E-state index is -4.47. The maximum atomic E-state index is 12.9. The number of nitrogens with one attached hydrogen (secondary N) is 2. The quantitative estimate of drug-likeness (QED) is 0.0446. The standard InChI is InChI=1S/C28H29NO5.C25H21NO7S.C21H23NO5/c1-19(2)32-18-26(27(30)33-16-20-10-4-3-5-11-20)29-28(31)34-17-25-23-14-8-6-12-21(23)22-13-7-9-15-24(22)25;27-24(31-14-17-8-2-1-3-9-17)23-16-33-34(29,30)26(23)25(28)32-15-22-20-12-6-4-10-18(20)19-11-5-7-13-21(19)22;1-13(2)26-12-19(20(23)24)22-21(25)27-11-18-16-9-5-3-7-14(16)15-8-4-6-10-17(15)18/h3-15,19,25-26H,16-18H2,1-2H3,(H,29,31);1-13,22-23H,14-16H2;3-10,13,18-19H,11-12H2,1-2H3,(H,22,25)(H,23,24)/t26-;23-;19-/m000/s1. The molecule has 8 aromatic rings. The summed E-state index contributed by atoms with van der Waals surface area (Å²) in [6.07, 6.45) is -2.86. The van der Waals surface area contributed by atoms with Gasteiger partial charge in [0.2, 0.25) is 0 Å². The van der Waals surface area contributed by atoms with Crippen molar-refractivity contribution < 1.29 is 79.6 Å². The number of carboxylic acids is 1. The number of hydrogen-bond acceptors (Lipinski definition) is 16. The number of nitrogens with zero attached hydrogens (tertiary/aromatic N) is 1. The Morgan fingerprint density at radius 1 is 0.453 bits per heavy atom. The van der Waals surface area contributed by atoms with E-state index in [1.807, 2.05) is 159 Å². The van der Waals surface area contributed by atoms with Gasteiger partial charge >= 0.3 is 46.5 Å². The Balaban J connectivity index is 0.000000157. The Hall–Kier alpha value is -10.2. The number of hydrogen-bond donors (Lipinski definition) is 3. The third kappa shape index (κ3) is 16.8. The van der Waals surface area contributed by atoms with E-state index < -0.39 is 71.2 Å². The van der Waals surface area contributed by atoms with Crippen LogP contribution in [0.1, 0.15) is 90.0 Å². The summed E-state index contributed by atoms with van der Waals surface area (Å²) in [5.74, 6) is -3.02. The molecule has 3 aliphatic carbocycles. The summed E-state index contributed by atoms with van der Waals surface area (Å²) in [6, 6.07) is 62.6. The zero-order chi connectivity index (χ0) is 67.0. The lowest BCUT2D eigenvalue weighted by Crippen LogP contribution is -2.45. The number of ether oxygens (including phenoxy) is 7. The fourth-order valence-corrected chi connectivity index (χ4v) is 12.7. The Kier molecular flexibility index (Phi) is 22.5. The molecule has 1 saturated heterocycles. The van der Waals surface area contributed by atoms with Crippen LogP contribution in [0.15, 0.2) is 206 Å². The minimum absolute atomic E-state index is 0.00448. The highest BCUT2D eigenvalue weighted by atomic mass is 32.2. The van der Waals surface area contributed by atoms with Crippen LogP contribution in [0.2, 0.25) is 0 Å². The molecule has 0 saturated carbocycles. The molecule has 12 rings (SSSR count). The number of benzene rings is 8. The monoisotopic (exact) mass is 1310 g/mol. The Bertz CT molecular complexity index is 3990. The third-order valence-corrected chi connectivity index (χ3v) is 17.5. The number of carbonyl (C=O) groups is 6. The molecule has 0 bridgehead atoms. The highest BCUT2D eigenvalue weighted by Crippen LogP contribution is 2.47. The predicted molar refractivity (Wildman–Crippen MR) is 352 cm³/mol. The Labute approximate surface area is 551 Å². The van der Waals surface area contributed by atoms with Gasteiger partial charge < -0.3 is 48.9 Å². The van der Waals surface area contributed by atoms with Crippen molar-refractivity contribution >= 4 is 46.5 Å². The lowest BCUT2D eigenvalue weighted by molar-refractivity contribution is -0.150. The van der Waals surface area contributed by atoms with Crippen LogP contribution in [0.25, 0.3) is 33.4 Å². The summed E-state index contributed by atoms with van der Waals surface area (Å²) in [5.41, 5.74) is 14.7. The molecule has 3 atom stereocenters. The van der Waals surface area contributed by atoms with E-state index in [-0.39, 0.29) is 76.2 Å². The molecule has 1 aliphatic heterocycles. The number of rotatable bonds is 21. The van der Waals surface area contributed by atoms with Crippen molar-refractivity contribution in [1.82, 2.24) is 14.9 Å². The van der Waals surface area contributed by atoms with Crippen LogP contribution >= 0.6 is 0 Å². The van der Waals surface area contributed by atoms with E-state index in [0.29, 0.717) is 4.31 Å². The number of carboxylic acid groups (broad SMARTS) is 1. The van der Waals surface area contributed by atoms with Crippen molar-refractivity contribution in [3.05, 3.63) is 251 Å². The van der Waals surface area contributed by atoms with Crippen molar-refractivity contribution in [3.63, 3.8) is 0 Å². The van der Waals surface area contributed by atoms with E-state index in [4.69, 9.17) is 37.3 Å². The Morgan fingerprint density at radius 2 is 0.779 bits per heavy atom. The van der Waals surface area contributed by atoms with Gasteiger partial charge in [0, 0.05) is 17.8 Å². The van der Waals surface area contributed by atoms with E-state index >= 15 is 0 Å². The summed E-state index contributed by atoms with van der Waals surface area (Å²) in [7, 11) is -4.47. The second-order valence-corrected chi connectivity index (χ2v) is 24.7. The van der Waals surface area contributed by atoms with Gasteiger partial charge in [-0.1, -0.05) is 206 Å². The van der Waals surface area contributed by atoms with Crippen molar-refractivity contribution in [1.29, 1.82) is 0 Å². The Morgan fingerprint density at radius 3 is 1.15 bits per heavy atom.